The monoisotopic (exact) mass is 406 g/mol. The Bertz CT molecular complexity index is 882. The van der Waals surface area contributed by atoms with Crippen molar-refractivity contribution in [3.05, 3.63) is 54.1 Å². The zero-order valence-corrected chi connectivity index (χ0v) is 17.2. The Kier molecular flexibility index (Phi) is 7.83. The van der Waals surface area contributed by atoms with Gasteiger partial charge in [0.2, 0.25) is 5.91 Å². The fourth-order valence-electron chi connectivity index (χ4n) is 2.56. The minimum atomic E-state index is -3.98. The van der Waals surface area contributed by atoms with E-state index in [4.69, 9.17) is 9.47 Å². The summed E-state index contributed by atoms with van der Waals surface area (Å²) in [5.74, 6) is -0.0376. The summed E-state index contributed by atoms with van der Waals surface area (Å²) in [6.07, 6.45) is 0. The van der Waals surface area contributed by atoms with E-state index >= 15 is 0 Å². The number of nitrogens with zero attached hydrogens (tertiary/aromatic N) is 1. The molecule has 0 fully saturated rings. The first kappa shape index (κ1) is 21.7. The van der Waals surface area contributed by atoms with Crippen LogP contribution < -0.4 is 14.4 Å². The molecular weight excluding hydrogens is 380 g/mol. The van der Waals surface area contributed by atoms with Crippen LogP contribution in [0.15, 0.2) is 53.4 Å². The minimum absolute atomic E-state index is 0.106. The molecule has 0 aliphatic rings. The number of rotatable bonds is 10. The first-order valence-electron chi connectivity index (χ1n) is 8.97. The summed E-state index contributed by atoms with van der Waals surface area (Å²) in [4.78, 5) is 12.5. The molecule has 0 saturated heterocycles. The Morgan fingerprint density at radius 1 is 1.11 bits per heavy atom. The lowest BCUT2D eigenvalue weighted by Crippen LogP contribution is -2.41. The normalized spacial score (nSPS) is 11.1. The topological polar surface area (TPSA) is 84.9 Å². The standard InChI is InChI=1S/C20H26N2O5S/c1-4-27-19-8-6-5-7-18(19)22(15-20(23)21-13-14-26-3)28(24,25)17-11-9-16(2)10-12-17/h5-12H,4,13-15H2,1-3H3,(H,21,23). The van der Waals surface area contributed by atoms with Crippen LogP contribution in [-0.4, -0.2) is 47.7 Å². The number of ether oxygens (including phenoxy) is 2. The van der Waals surface area contributed by atoms with Crippen molar-refractivity contribution in [1.82, 2.24) is 5.32 Å². The molecule has 7 nitrogen and oxygen atoms in total. The first-order chi connectivity index (χ1) is 13.4. The van der Waals surface area contributed by atoms with Gasteiger partial charge in [0.05, 0.1) is 23.8 Å². The van der Waals surface area contributed by atoms with Crippen LogP contribution in [0.25, 0.3) is 0 Å². The summed E-state index contributed by atoms with van der Waals surface area (Å²) in [6.45, 7) is 4.32. The third kappa shape index (κ3) is 5.46. The maximum Gasteiger partial charge on any atom is 0.264 e. The van der Waals surface area contributed by atoms with Crippen LogP contribution in [0, 0.1) is 6.92 Å². The molecule has 0 radical (unpaired) electrons. The SMILES string of the molecule is CCOc1ccccc1N(CC(=O)NCCOC)S(=O)(=O)c1ccc(C)cc1. The fourth-order valence-corrected chi connectivity index (χ4v) is 3.99. The molecule has 2 rings (SSSR count). The Hall–Kier alpha value is -2.58. The zero-order valence-electron chi connectivity index (χ0n) is 16.3. The smallest absolute Gasteiger partial charge is 0.264 e. The van der Waals surface area contributed by atoms with E-state index in [1.54, 1.807) is 36.4 Å². The van der Waals surface area contributed by atoms with Crippen LogP contribution in [0.2, 0.25) is 0 Å². The van der Waals surface area contributed by atoms with Gasteiger partial charge in [-0.15, -0.1) is 0 Å². The van der Waals surface area contributed by atoms with Gasteiger partial charge in [-0.05, 0) is 38.1 Å². The Morgan fingerprint density at radius 3 is 2.43 bits per heavy atom. The minimum Gasteiger partial charge on any atom is -0.492 e. The van der Waals surface area contributed by atoms with Gasteiger partial charge in [-0.3, -0.25) is 9.10 Å². The number of carbonyl (C=O) groups is 1. The Morgan fingerprint density at radius 2 is 1.79 bits per heavy atom. The lowest BCUT2D eigenvalue weighted by atomic mass is 10.2. The molecule has 0 atom stereocenters. The molecule has 1 N–H and O–H groups in total. The lowest BCUT2D eigenvalue weighted by molar-refractivity contribution is -0.119. The summed E-state index contributed by atoms with van der Waals surface area (Å²) in [5, 5.41) is 2.66. The number of nitrogens with one attached hydrogen (secondary N) is 1. The van der Waals surface area contributed by atoms with Crippen LogP contribution in [-0.2, 0) is 19.6 Å². The predicted octanol–water partition coefficient (Wildman–Crippen LogP) is 2.35. The molecule has 8 heteroatoms. The van der Waals surface area contributed by atoms with Gasteiger partial charge in [-0.25, -0.2) is 8.42 Å². The number of sulfonamides is 1. The van der Waals surface area contributed by atoms with Crippen molar-refractivity contribution in [3.8, 4) is 5.75 Å². The number of benzene rings is 2. The van der Waals surface area contributed by atoms with E-state index < -0.39 is 15.9 Å². The van der Waals surface area contributed by atoms with Crippen molar-refractivity contribution in [1.29, 1.82) is 0 Å². The van der Waals surface area contributed by atoms with Gasteiger partial charge < -0.3 is 14.8 Å². The zero-order chi connectivity index (χ0) is 20.6. The van der Waals surface area contributed by atoms with Crippen LogP contribution in [0.1, 0.15) is 12.5 Å². The molecule has 0 aliphatic heterocycles. The number of carbonyl (C=O) groups excluding carboxylic acids is 1. The van der Waals surface area contributed by atoms with E-state index in [1.165, 1.54) is 19.2 Å². The van der Waals surface area contributed by atoms with Gasteiger partial charge in [0, 0.05) is 13.7 Å². The number of aryl methyl sites for hydroxylation is 1. The number of anilines is 1. The summed E-state index contributed by atoms with van der Waals surface area (Å²) in [5.41, 5.74) is 1.25. The highest BCUT2D eigenvalue weighted by molar-refractivity contribution is 7.92. The van der Waals surface area contributed by atoms with Crippen LogP contribution >= 0.6 is 0 Å². The molecule has 0 bridgehead atoms. The van der Waals surface area contributed by atoms with E-state index in [2.05, 4.69) is 5.32 Å². The Labute approximate surface area is 166 Å². The maximum atomic E-state index is 13.3. The average Bonchev–Trinajstić information content (AvgIpc) is 2.67. The molecule has 0 aliphatic carbocycles. The number of methoxy groups -OCH3 is 1. The van der Waals surface area contributed by atoms with Gasteiger partial charge in [0.25, 0.3) is 10.0 Å². The third-order valence-electron chi connectivity index (χ3n) is 3.96. The van der Waals surface area contributed by atoms with Gasteiger partial charge in [-0.2, -0.15) is 0 Å². The van der Waals surface area contributed by atoms with Crippen molar-refractivity contribution in [2.75, 3.05) is 37.7 Å². The van der Waals surface area contributed by atoms with Gasteiger partial charge in [-0.1, -0.05) is 29.8 Å². The highest BCUT2D eigenvalue weighted by Crippen LogP contribution is 2.32. The van der Waals surface area contributed by atoms with Crippen molar-refractivity contribution >= 4 is 21.6 Å². The van der Waals surface area contributed by atoms with E-state index in [0.29, 0.717) is 31.2 Å². The third-order valence-corrected chi connectivity index (χ3v) is 5.73. The lowest BCUT2D eigenvalue weighted by Gasteiger charge is -2.26. The molecule has 2 aromatic carbocycles. The Balaban J connectivity index is 2.44. The number of amides is 1. The van der Waals surface area contributed by atoms with Crippen molar-refractivity contribution in [2.45, 2.75) is 18.7 Å². The van der Waals surface area contributed by atoms with Crippen LogP contribution in [0.5, 0.6) is 5.75 Å². The van der Waals surface area contributed by atoms with E-state index in [0.717, 1.165) is 9.87 Å². The second kappa shape index (κ2) is 10.1. The van der Waals surface area contributed by atoms with E-state index in [1.807, 2.05) is 13.8 Å². The quantitative estimate of drug-likeness (QED) is 0.612. The highest BCUT2D eigenvalue weighted by Gasteiger charge is 2.29. The van der Waals surface area contributed by atoms with E-state index in [-0.39, 0.29) is 11.4 Å². The van der Waals surface area contributed by atoms with Crippen LogP contribution in [0.4, 0.5) is 5.69 Å². The molecule has 0 unspecified atom stereocenters. The summed E-state index contributed by atoms with van der Waals surface area (Å²) >= 11 is 0. The molecule has 2 aromatic rings. The first-order valence-corrected chi connectivity index (χ1v) is 10.4. The molecule has 0 heterocycles. The van der Waals surface area contributed by atoms with Gasteiger partial charge >= 0.3 is 0 Å². The van der Waals surface area contributed by atoms with Crippen molar-refractivity contribution in [2.24, 2.45) is 0 Å². The molecule has 1 amide bonds. The second-order valence-electron chi connectivity index (χ2n) is 6.07. The molecule has 0 saturated carbocycles. The largest absolute Gasteiger partial charge is 0.492 e. The summed E-state index contributed by atoms with van der Waals surface area (Å²) in [7, 11) is -2.45. The molecule has 152 valence electrons. The second-order valence-corrected chi connectivity index (χ2v) is 7.93. The average molecular weight is 407 g/mol. The van der Waals surface area contributed by atoms with Crippen molar-refractivity contribution in [3.63, 3.8) is 0 Å². The van der Waals surface area contributed by atoms with Gasteiger partial charge in [0.1, 0.15) is 12.3 Å². The molecule has 28 heavy (non-hydrogen) atoms. The van der Waals surface area contributed by atoms with E-state index in [9.17, 15) is 13.2 Å². The number of hydrogen-bond acceptors (Lipinski definition) is 5. The predicted molar refractivity (Wildman–Crippen MR) is 108 cm³/mol. The van der Waals surface area contributed by atoms with Crippen LogP contribution in [0.3, 0.4) is 0 Å². The molecule has 0 aromatic heterocycles. The summed E-state index contributed by atoms with van der Waals surface area (Å²) < 4.78 is 38.2. The van der Waals surface area contributed by atoms with Gasteiger partial charge in [0.15, 0.2) is 0 Å². The summed E-state index contributed by atoms with van der Waals surface area (Å²) in [6, 6.07) is 13.3. The maximum absolute atomic E-state index is 13.3. The molecular formula is C20H26N2O5S. The van der Waals surface area contributed by atoms with Crippen molar-refractivity contribution < 1.29 is 22.7 Å². The number of hydrogen-bond donors (Lipinski definition) is 1. The number of para-hydroxylation sites is 2. The molecule has 0 spiro atoms. The fraction of sp³-hybridized carbons (Fsp3) is 0.350. The highest BCUT2D eigenvalue weighted by atomic mass is 32.2.